The fraction of sp³-hybridized carbons (Fsp3) is 0.368. The Labute approximate surface area is 138 Å². The lowest BCUT2D eigenvalue weighted by atomic mass is 9.66. The van der Waals surface area contributed by atoms with Crippen molar-refractivity contribution in [3.63, 3.8) is 0 Å². The smallest absolute Gasteiger partial charge is 0.245 e. The Bertz CT molecular complexity index is 1050. The van der Waals surface area contributed by atoms with E-state index in [2.05, 4.69) is 24.3 Å². The van der Waals surface area contributed by atoms with Crippen molar-refractivity contribution >= 4 is 0 Å². The molecule has 24 heavy (non-hydrogen) atoms. The van der Waals surface area contributed by atoms with Crippen molar-refractivity contribution in [3.8, 4) is 5.69 Å². The highest BCUT2D eigenvalue weighted by Gasteiger charge is 2.74. The molecule has 1 aromatic carbocycles. The van der Waals surface area contributed by atoms with Gasteiger partial charge in [0, 0.05) is 5.41 Å². The van der Waals surface area contributed by atoms with Crippen LogP contribution in [0.2, 0.25) is 0 Å². The Morgan fingerprint density at radius 1 is 1.00 bits per heavy atom. The molecule has 5 nitrogen and oxygen atoms in total. The number of para-hydroxylation sites is 1. The van der Waals surface area contributed by atoms with Gasteiger partial charge < -0.3 is 0 Å². The molecule has 2 spiro atoms. The van der Waals surface area contributed by atoms with Crippen molar-refractivity contribution in [2.24, 2.45) is 11.3 Å². The van der Waals surface area contributed by atoms with E-state index in [0.717, 1.165) is 19.3 Å². The van der Waals surface area contributed by atoms with Crippen LogP contribution in [0.4, 0.5) is 0 Å². The van der Waals surface area contributed by atoms with Crippen LogP contribution in [-0.2, 0) is 5.54 Å². The van der Waals surface area contributed by atoms with E-state index in [0.29, 0.717) is 11.6 Å². The third-order valence-electron chi connectivity index (χ3n) is 6.71. The average molecular weight is 319 g/mol. The summed E-state index contributed by atoms with van der Waals surface area (Å²) in [5, 5.41) is 0. The average Bonchev–Trinajstić information content (AvgIpc) is 3.31. The van der Waals surface area contributed by atoms with Crippen molar-refractivity contribution in [2.45, 2.75) is 30.8 Å². The standard InChI is InChI=1S/C19H17N3O2/c23-16-20(13-6-2-1-3-7-13)17(24)22-19-10-5-4-9-18(19)12-14(18)15(8-11-19)21(16)22/h1-8,11,14-15H,9-10,12H2/t14-,15+,18+,19+/m1/s1. The van der Waals surface area contributed by atoms with Gasteiger partial charge in [0.05, 0.1) is 17.3 Å². The molecule has 1 aromatic heterocycles. The quantitative estimate of drug-likeness (QED) is 0.755. The molecule has 1 saturated carbocycles. The summed E-state index contributed by atoms with van der Waals surface area (Å²) in [5.74, 6) is 0.483. The summed E-state index contributed by atoms with van der Waals surface area (Å²) in [5.41, 5.74) is -0.0000816. The summed E-state index contributed by atoms with van der Waals surface area (Å²) in [4.78, 5) is 26.4. The maximum atomic E-state index is 13.3. The molecule has 120 valence electrons. The van der Waals surface area contributed by atoms with Crippen molar-refractivity contribution in [1.29, 1.82) is 0 Å². The lowest BCUT2D eigenvalue weighted by Gasteiger charge is -2.50. The zero-order valence-corrected chi connectivity index (χ0v) is 13.1. The number of aromatic nitrogens is 3. The van der Waals surface area contributed by atoms with Gasteiger partial charge in [0.15, 0.2) is 0 Å². The lowest BCUT2D eigenvalue weighted by molar-refractivity contribution is 0.0633. The molecule has 2 bridgehead atoms. The van der Waals surface area contributed by atoms with Crippen LogP contribution < -0.4 is 11.4 Å². The third kappa shape index (κ3) is 1.13. The first-order valence-corrected chi connectivity index (χ1v) is 8.56. The topological polar surface area (TPSA) is 48.9 Å². The largest absolute Gasteiger partial charge is 0.352 e. The molecule has 0 unspecified atom stereocenters. The van der Waals surface area contributed by atoms with Crippen LogP contribution in [0.25, 0.3) is 5.69 Å². The summed E-state index contributed by atoms with van der Waals surface area (Å²) >= 11 is 0. The van der Waals surface area contributed by atoms with E-state index in [-0.39, 0.29) is 28.4 Å². The van der Waals surface area contributed by atoms with Crippen molar-refractivity contribution < 1.29 is 0 Å². The third-order valence-corrected chi connectivity index (χ3v) is 6.71. The molecule has 1 fully saturated rings. The first-order chi connectivity index (χ1) is 11.7. The molecule has 5 aliphatic rings. The van der Waals surface area contributed by atoms with Gasteiger partial charge in [-0.05, 0) is 37.3 Å². The fourth-order valence-electron chi connectivity index (χ4n) is 5.57. The number of hydrogen-bond acceptors (Lipinski definition) is 2. The minimum absolute atomic E-state index is 0.0172. The van der Waals surface area contributed by atoms with Gasteiger partial charge in [-0.3, -0.25) is 0 Å². The van der Waals surface area contributed by atoms with Crippen LogP contribution in [0, 0.1) is 11.3 Å². The summed E-state index contributed by atoms with van der Waals surface area (Å²) < 4.78 is 4.84. The maximum Gasteiger partial charge on any atom is 0.352 e. The summed E-state index contributed by atoms with van der Waals surface area (Å²) in [6.07, 6.45) is 11.7. The Morgan fingerprint density at radius 3 is 2.62 bits per heavy atom. The number of benzene rings is 1. The first kappa shape index (κ1) is 12.8. The van der Waals surface area contributed by atoms with Crippen LogP contribution in [0.3, 0.4) is 0 Å². The SMILES string of the molecule is O=c1n(-c2ccccc2)c(=O)n2n1[C@H]1C=C[C@]23CC=CC[C@@]32C[C@H]12. The Morgan fingerprint density at radius 2 is 1.79 bits per heavy atom. The van der Waals surface area contributed by atoms with Crippen LogP contribution in [-0.4, -0.2) is 13.9 Å². The highest BCUT2D eigenvalue weighted by atomic mass is 16.2. The van der Waals surface area contributed by atoms with Crippen LogP contribution in [0.1, 0.15) is 25.3 Å². The molecule has 7 rings (SSSR count). The Kier molecular flexibility index (Phi) is 2.00. The zero-order chi connectivity index (χ0) is 16.1. The van der Waals surface area contributed by atoms with Gasteiger partial charge in [-0.2, -0.15) is 0 Å². The van der Waals surface area contributed by atoms with Gasteiger partial charge in [-0.15, -0.1) is 0 Å². The fourth-order valence-corrected chi connectivity index (χ4v) is 5.57. The van der Waals surface area contributed by atoms with Crippen LogP contribution in [0.5, 0.6) is 0 Å². The Balaban J connectivity index is 1.72. The van der Waals surface area contributed by atoms with Gasteiger partial charge >= 0.3 is 11.4 Å². The molecule has 2 aliphatic heterocycles. The number of rotatable bonds is 1. The molecular formula is C19H17N3O2. The van der Waals surface area contributed by atoms with Gasteiger partial charge in [0.2, 0.25) is 0 Å². The van der Waals surface area contributed by atoms with E-state index in [1.807, 2.05) is 30.3 Å². The number of hydrogen-bond donors (Lipinski definition) is 0. The normalized spacial score (nSPS) is 37.0. The number of nitrogens with zero attached hydrogens (tertiary/aromatic N) is 3. The highest BCUT2D eigenvalue weighted by molar-refractivity contribution is 5.38. The highest BCUT2D eigenvalue weighted by Crippen LogP contribution is 2.74. The molecular weight excluding hydrogens is 302 g/mol. The second-order valence-corrected chi connectivity index (χ2v) is 7.51. The first-order valence-electron chi connectivity index (χ1n) is 8.56. The second-order valence-electron chi connectivity index (χ2n) is 7.51. The predicted octanol–water partition coefficient (Wildman–Crippen LogP) is 1.98. The summed E-state index contributed by atoms with van der Waals surface area (Å²) in [7, 11) is 0. The minimum Gasteiger partial charge on any atom is -0.245 e. The van der Waals surface area contributed by atoms with Crippen LogP contribution >= 0.6 is 0 Å². The van der Waals surface area contributed by atoms with Gasteiger partial charge in [-0.1, -0.05) is 42.5 Å². The minimum atomic E-state index is -0.364. The maximum absolute atomic E-state index is 13.3. The molecule has 3 aliphatic carbocycles. The zero-order valence-electron chi connectivity index (χ0n) is 13.1. The van der Waals surface area contributed by atoms with E-state index >= 15 is 0 Å². The van der Waals surface area contributed by atoms with Gasteiger partial charge in [0.1, 0.15) is 0 Å². The number of allylic oxidation sites excluding steroid dienone is 4. The van der Waals surface area contributed by atoms with E-state index in [4.69, 9.17) is 0 Å². The molecule has 0 saturated heterocycles. The molecule has 0 amide bonds. The van der Waals surface area contributed by atoms with Gasteiger partial charge in [-0.25, -0.2) is 23.5 Å². The van der Waals surface area contributed by atoms with E-state index in [9.17, 15) is 9.59 Å². The van der Waals surface area contributed by atoms with Crippen molar-refractivity contribution in [1.82, 2.24) is 13.9 Å². The van der Waals surface area contributed by atoms with E-state index in [1.54, 1.807) is 9.36 Å². The molecule has 0 N–H and O–H groups in total. The molecule has 0 radical (unpaired) electrons. The second kappa shape index (κ2) is 3.74. The van der Waals surface area contributed by atoms with Crippen molar-refractivity contribution in [2.75, 3.05) is 0 Å². The van der Waals surface area contributed by atoms with Crippen LogP contribution in [0.15, 0.2) is 64.2 Å². The molecule has 3 heterocycles. The van der Waals surface area contributed by atoms with Gasteiger partial charge in [0.25, 0.3) is 0 Å². The van der Waals surface area contributed by atoms with E-state index in [1.165, 1.54) is 4.57 Å². The summed E-state index contributed by atoms with van der Waals surface area (Å²) in [6.45, 7) is 0. The van der Waals surface area contributed by atoms with E-state index < -0.39 is 0 Å². The molecule has 2 aromatic rings. The Hall–Kier alpha value is -2.56. The lowest BCUT2D eigenvalue weighted by Crippen LogP contribution is -2.57. The molecule has 5 heteroatoms. The predicted molar refractivity (Wildman–Crippen MR) is 89.4 cm³/mol. The van der Waals surface area contributed by atoms with Crippen molar-refractivity contribution in [3.05, 3.63) is 75.6 Å². The molecule has 4 atom stereocenters. The monoisotopic (exact) mass is 319 g/mol. The summed E-state index contributed by atoms with van der Waals surface area (Å²) in [6, 6.07) is 9.26.